The summed E-state index contributed by atoms with van der Waals surface area (Å²) in [5.41, 5.74) is 5.45. The van der Waals surface area contributed by atoms with Crippen molar-refractivity contribution in [1.82, 2.24) is 24.3 Å². The van der Waals surface area contributed by atoms with Crippen LogP contribution < -0.4 is 17.0 Å². The standard InChI is InChI=1S/C19H22N6O3S/c1-3-9-24-16(20)15(17(27)21-18(24)28)14(26)11-29-19-23-22-12(2)25(19)10-13-7-5-4-6-8-13/h4-8H,3,9-11,20H2,1-2H3,(H,21,27,28). The molecule has 0 aliphatic carbocycles. The highest BCUT2D eigenvalue weighted by atomic mass is 32.2. The lowest BCUT2D eigenvalue weighted by atomic mass is 10.2. The van der Waals surface area contributed by atoms with E-state index in [4.69, 9.17) is 5.73 Å². The largest absolute Gasteiger partial charge is 0.384 e. The van der Waals surface area contributed by atoms with Crippen LogP contribution in [0.4, 0.5) is 5.82 Å². The van der Waals surface area contributed by atoms with Crippen molar-refractivity contribution in [3.05, 3.63) is 68.1 Å². The van der Waals surface area contributed by atoms with E-state index in [0.717, 1.165) is 11.4 Å². The maximum Gasteiger partial charge on any atom is 0.329 e. The van der Waals surface area contributed by atoms with E-state index in [1.807, 2.05) is 48.7 Å². The van der Waals surface area contributed by atoms with Crippen molar-refractivity contribution in [3.63, 3.8) is 0 Å². The summed E-state index contributed by atoms with van der Waals surface area (Å²) in [7, 11) is 0. The van der Waals surface area contributed by atoms with E-state index in [0.29, 0.717) is 24.7 Å². The van der Waals surface area contributed by atoms with Gasteiger partial charge in [-0.1, -0.05) is 49.0 Å². The molecule has 0 saturated heterocycles. The number of thioether (sulfide) groups is 1. The van der Waals surface area contributed by atoms with Crippen LogP contribution in [0.2, 0.25) is 0 Å². The zero-order valence-electron chi connectivity index (χ0n) is 16.2. The van der Waals surface area contributed by atoms with Crippen LogP contribution in [0.25, 0.3) is 0 Å². The molecule has 0 atom stereocenters. The van der Waals surface area contributed by atoms with E-state index >= 15 is 0 Å². The summed E-state index contributed by atoms with van der Waals surface area (Å²) < 4.78 is 3.11. The molecule has 1 aromatic carbocycles. The zero-order chi connectivity index (χ0) is 21.0. The molecule has 0 aliphatic heterocycles. The second-order valence-electron chi connectivity index (χ2n) is 6.48. The van der Waals surface area contributed by atoms with Crippen molar-refractivity contribution in [3.8, 4) is 0 Å². The fraction of sp³-hybridized carbons (Fsp3) is 0.316. The van der Waals surface area contributed by atoms with Crippen molar-refractivity contribution in [1.29, 1.82) is 0 Å². The third-order valence-electron chi connectivity index (χ3n) is 4.38. The van der Waals surface area contributed by atoms with Crippen LogP contribution in [0.15, 0.2) is 45.1 Å². The maximum absolute atomic E-state index is 12.7. The molecule has 9 nitrogen and oxygen atoms in total. The summed E-state index contributed by atoms with van der Waals surface area (Å²) in [6, 6.07) is 9.83. The van der Waals surface area contributed by atoms with Crippen LogP contribution >= 0.6 is 11.8 Å². The average molecular weight is 414 g/mol. The number of nitrogens with zero attached hydrogens (tertiary/aromatic N) is 4. The molecule has 0 saturated carbocycles. The van der Waals surface area contributed by atoms with E-state index in [2.05, 4.69) is 15.2 Å². The molecule has 3 rings (SSSR count). The first-order valence-corrected chi connectivity index (χ1v) is 10.1. The van der Waals surface area contributed by atoms with Gasteiger partial charge in [-0.3, -0.25) is 19.1 Å². The van der Waals surface area contributed by atoms with Gasteiger partial charge in [0.15, 0.2) is 10.9 Å². The molecule has 0 radical (unpaired) electrons. The Kier molecular flexibility index (Phi) is 6.32. The molecule has 0 unspecified atom stereocenters. The molecule has 2 aromatic heterocycles. The summed E-state index contributed by atoms with van der Waals surface area (Å²) in [6.07, 6.45) is 0.639. The highest BCUT2D eigenvalue weighted by Gasteiger charge is 2.20. The van der Waals surface area contributed by atoms with Crippen LogP contribution in [-0.4, -0.2) is 35.9 Å². The van der Waals surface area contributed by atoms with Gasteiger partial charge in [-0.15, -0.1) is 10.2 Å². The predicted octanol–water partition coefficient (Wildman–Crippen LogP) is 1.45. The number of H-pyrrole nitrogens is 1. The molecule has 2 heterocycles. The lowest BCUT2D eigenvalue weighted by Gasteiger charge is -2.11. The first kappa shape index (κ1) is 20.6. The zero-order valence-corrected chi connectivity index (χ0v) is 17.0. The van der Waals surface area contributed by atoms with Gasteiger partial charge in [0.2, 0.25) is 0 Å². The molecular weight excluding hydrogens is 392 g/mol. The van der Waals surface area contributed by atoms with Crippen LogP contribution in [0.3, 0.4) is 0 Å². The highest BCUT2D eigenvalue weighted by molar-refractivity contribution is 7.99. The summed E-state index contributed by atoms with van der Waals surface area (Å²) >= 11 is 1.17. The molecule has 0 bridgehead atoms. The van der Waals surface area contributed by atoms with Gasteiger partial charge in [-0.05, 0) is 18.9 Å². The molecule has 10 heteroatoms. The van der Waals surface area contributed by atoms with Crippen LogP contribution in [0.5, 0.6) is 0 Å². The molecule has 0 aliphatic rings. The van der Waals surface area contributed by atoms with Gasteiger partial charge in [0.05, 0.1) is 12.3 Å². The van der Waals surface area contributed by atoms with Crippen LogP contribution in [0, 0.1) is 6.92 Å². The third-order valence-corrected chi connectivity index (χ3v) is 5.35. The predicted molar refractivity (Wildman–Crippen MR) is 111 cm³/mol. The lowest BCUT2D eigenvalue weighted by Crippen LogP contribution is -2.36. The number of Topliss-reactive ketones (excluding diaryl/α,β-unsaturated/α-hetero) is 1. The lowest BCUT2D eigenvalue weighted by molar-refractivity contribution is 0.102. The Morgan fingerprint density at radius 3 is 2.59 bits per heavy atom. The number of nitrogen functional groups attached to an aromatic ring is 1. The second kappa shape index (κ2) is 8.91. The second-order valence-corrected chi connectivity index (χ2v) is 7.43. The van der Waals surface area contributed by atoms with Gasteiger partial charge >= 0.3 is 5.69 Å². The van der Waals surface area contributed by atoms with Crippen molar-refractivity contribution >= 4 is 23.4 Å². The maximum atomic E-state index is 12.7. The van der Waals surface area contributed by atoms with E-state index < -0.39 is 17.0 Å². The Hall–Kier alpha value is -3.14. The number of nitrogens with two attached hydrogens (primary N) is 1. The summed E-state index contributed by atoms with van der Waals surface area (Å²) in [5.74, 6) is 0.0983. The van der Waals surface area contributed by atoms with Crippen molar-refractivity contribution in [2.75, 3.05) is 11.5 Å². The number of carbonyl (C=O) groups is 1. The average Bonchev–Trinajstić information content (AvgIpc) is 3.04. The molecule has 3 N–H and O–H groups in total. The minimum Gasteiger partial charge on any atom is -0.384 e. The van der Waals surface area contributed by atoms with E-state index in [-0.39, 0.29) is 17.1 Å². The van der Waals surface area contributed by atoms with Crippen molar-refractivity contribution in [2.24, 2.45) is 0 Å². The number of nitrogens with one attached hydrogen (secondary N) is 1. The van der Waals surface area contributed by atoms with Crippen LogP contribution in [-0.2, 0) is 13.1 Å². The number of hydrogen-bond donors (Lipinski definition) is 2. The van der Waals surface area contributed by atoms with Gasteiger partial charge in [0.1, 0.15) is 17.2 Å². The Bertz CT molecular complexity index is 1130. The van der Waals surface area contributed by atoms with Gasteiger partial charge in [-0.2, -0.15) is 0 Å². The quantitative estimate of drug-likeness (QED) is 0.422. The number of aromatic nitrogens is 5. The number of hydrogen-bond acceptors (Lipinski definition) is 7. The van der Waals surface area contributed by atoms with Gasteiger partial charge in [-0.25, -0.2) is 4.79 Å². The number of aromatic amines is 1. The molecule has 0 amide bonds. The SMILES string of the molecule is CCCn1c(N)c(C(=O)CSc2nnc(C)n2Cc2ccccc2)c(=O)[nH]c1=O. The number of aryl methyl sites for hydroxylation is 1. The molecule has 29 heavy (non-hydrogen) atoms. The third kappa shape index (κ3) is 4.48. The monoisotopic (exact) mass is 414 g/mol. The molecule has 152 valence electrons. The Balaban J connectivity index is 1.81. The van der Waals surface area contributed by atoms with Crippen molar-refractivity contribution < 1.29 is 4.79 Å². The summed E-state index contributed by atoms with van der Waals surface area (Å²) in [6.45, 7) is 4.60. The smallest absolute Gasteiger partial charge is 0.329 e. The normalized spacial score (nSPS) is 11.0. The number of rotatable bonds is 8. The fourth-order valence-corrected chi connectivity index (χ4v) is 3.78. The first-order chi connectivity index (χ1) is 13.9. The Labute approximate surface area is 171 Å². The highest BCUT2D eigenvalue weighted by Crippen LogP contribution is 2.20. The fourth-order valence-electron chi connectivity index (χ4n) is 2.92. The number of anilines is 1. The van der Waals surface area contributed by atoms with Gasteiger partial charge in [0, 0.05) is 6.54 Å². The minimum atomic E-state index is -0.771. The topological polar surface area (TPSA) is 129 Å². The minimum absolute atomic E-state index is 0.0511. The van der Waals surface area contributed by atoms with E-state index in [1.54, 1.807) is 0 Å². The molecule has 0 spiro atoms. The first-order valence-electron chi connectivity index (χ1n) is 9.14. The van der Waals surface area contributed by atoms with Crippen LogP contribution in [0.1, 0.15) is 35.1 Å². The molecular formula is C19H22N6O3S. The van der Waals surface area contributed by atoms with E-state index in [9.17, 15) is 14.4 Å². The molecule has 3 aromatic rings. The van der Waals surface area contributed by atoms with Gasteiger partial charge < -0.3 is 10.3 Å². The summed E-state index contributed by atoms with van der Waals surface area (Å²) in [5, 5.41) is 8.79. The summed E-state index contributed by atoms with van der Waals surface area (Å²) in [4.78, 5) is 39.0. The number of carbonyl (C=O) groups excluding carboxylic acids is 1. The number of ketones is 1. The Morgan fingerprint density at radius 2 is 1.90 bits per heavy atom. The Morgan fingerprint density at radius 1 is 1.17 bits per heavy atom. The number of benzene rings is 1. The van der Waals surface area contributed by atoms with E-state index in [1.165, 1.54) is 16.3 Å². The van der Waals surface area contributed by atoms with Gasteiger partial charge in [0.25, 0.3) is 5.56 Å². The van der Waals surface area contributed by atoms with Crippen molar-refractivity contribution in [2.45, 2.75) is 38.5 Å². The molecule has 0 fully saturated rings.